The molecule has 1 fully saturated rings. The van der Waals surface area contributed by atoms with Crippen LogP contribution in [0.5, 0.6) is 0 Å². The predicted molar refractivity (Wildman–Crippen MR) is 104 cm³/mol. The summed E-state index contributed by atoms with van der Waals surface area (Å²) in [5, 5.41) is -0.0640. The van der Waals surface area contributed by atoms with Crippen molar-refractivity contribution in [1.29, 1.82) is 0 Å². The number of hydrogen-bond donors (Lipinski definition) is 0. The lowest BCUT2D eigenvalue weighted by atomic mass is 10.2. The van der Waals surface area contributed by atoms with E-state index in [4.69, 9.17) is 0 Å². The van der Waals surface area contributed by atoms with Gasteiger partial charge >= 0.3 is 0 Å². The summed E-state index contributed by atoms with van der Waals surface area (Å²) in [5.74, 6) is 1.26. The molecule has 2 heterocycles. The van der Waals surface area contributed by atoms with Gasteiger partial charge in [0.25, 0.3) is 0 Å². The quantitative estimate of drug-likeness (QED) is 0.786. The molecule has 1 saturated heterocycles. The molecule has 0 spiro atoms. The largest absolute Gasteiger partial charge is 0.353 e. The Morgan fingerprint density at radius 3 is 2.40 bits per heavy atom. The second kappa shape index (κ2) is 7.91. The fourth-order valence-corrected chi connectivity index (χ4v) is 4.03. The number of hydrogen-bond acceptors (Lipinski definition) is 4. The van der Waals surface area contributed by atoms with Gasteiger partial charge in [-0.2, -0.15) is 0 Å². The van der Waals surface area contributed by atoms with E-state index < -0.39 is 0 Å². The van der Waals surface area contributed by atoms with Crippen LogP contribution in [-0.2, 0) is 4.79 Å². The summed E-state index contributed by atoms with van der Waals surface area (Å²) in [5.41, 5.74) is 2.43. The number of amides is 1. The molecule has 1 unspecified atom stereocenters. The van der Waals surface area contributed by atoms with E-state index in [1.165, 1.54) is 11.1 Å². The second-order valence-electron chi connectivity index (χ2n) is 6.53. The van der Waals surface area contributed by atoms with Crippen LogP contribution >= 0.6 is 11.8 Å². The fourth-order valence-electron chi connectivity index (χ4n) is 3.08. The number of aryl methyl sites for hydroxylation is 2. The summed E-state index contributed by atoms with van der Waals surface area (Å²) in [7, 11) is 0. The normalized spacial score (nSPS) is 16.0. The van der Waals surface area contributed by atoms with Gasteiger partial charge in [-0.25, -0.2) is 4.98 Å². The Labute approximate surface area is 154 Å². The molecular weight excluding hydrogens is 330 g/mol. The molecule has 0 saturated carbocycles. The van der Waals surface area contributed by atoms with Gasteiger partial charge in [0.05, 0.1) is 5.25 Å². The van der Waals surface area contributed by atoms with E-state index in [1.54, 1.807) is 11.8 Å². The lowest BCUT2D eigenvalue weighted by Crippen LogP contribution is -2.51. The maximum atomic E-state index is 12.8. The van der Waals surface area contributed by atoms with Crippen LogP contribution in [0, 0.1) is 13.8 Å². The van der Waals surface area contributed by atoms with E-state index in [-0.39, 0.29) is 11.2 Å². The molecule has 1 amide bonds. The third kappa shape index (κ3) is 4.34. The minimum Gasteiger partial charge on any atom is -0.353 e. The first kappa shape index (κ1) is 17.8. The third-order valence-corrected chi connectivity index (χ3v) is 5.65. The number of rotatable bonds is 4. The van der Waals surface area contributed by atoms with Crippen molar-refractivity contribution in [2.75, 3.05) is 31.1 Å². The van der Waals surface area contributed by atoms with Crippen molar-refractivity contribution in [2.24, 2.45) is 0 Å². The molecule has 5 heteroatoms. The molecular formula is C20H25N3OS. The van der Waals surface area contributed by atoms with Gasteiger partial charge in [-0.15, -0.1) is 11.8 Å². The van der Waals surface area contributed by atoms with Gasteiger partial charge in [0, 0.05) is 37.3 Å². The Bertz CT molecular complexity index is 724. The summed E-state index contributed by atoms with van der Waals surface area (Å²) in [6, 6.07) is 12.4. The average Bonchev–Trinajstić information content (AvgIpc) is 2.63. The molecule has 0 N–H and O–H groups in total. The minimum absolute atomic E-state index is 0.0640. The van der Waals surface area contributed by atoms with Crippen LogP contribution in [0.4, 0.5) is 5.82 Å². The van der Waals surface area contributed by atoms with Gasteiger partial charge in [-0.1, -0.05) is 23.8 Å². The Hall–Kier alpha value is -2.01. The van der Waals surface area contributed by atoms with Crippen molar-refractivity contribution < 1.29 is 4.79 Å². The predicted octanol–water partition coefficient (Wildman–Crippen LogP) is 3.53. The number of carbonyl (C=O) groups excluding carboxylic acids is 1. The van der Waals surface area contributed by atoms with E-state index in [9.17, 15) is 4.79 Å². The van der Waals surface area contributed by atoms with Crippen LogP contribution in [0.1, 0.15) is 18.1 Å². The van der Waals surface area contributed by atoms with Crippen molar-refractivity contribution in [3.05, 3.63) is 53.7 Å². The number of nitrogens with zero attached hydrogens (tertiary/aromatic N) is 3. The first-order chi connectivity index (χ1) is 12.0. The number of anilines is 1. The number of aromatic nitrogens is 1. The van der Waals surface area contributed by atoms with Crippen LogP contribution < -0.4 is 4.90 Å². The number of pyridine rings is 1. The van der Waals surface area contributed by atoms with Crippen LogP contribution in [0.2, 0.25) is 0 Å². The Balaban J connectivity index is 1.56. The molecule has 0 bridgehead atoms. The minimum atomic E-state index is -0.0640. The monoisotopic (exact) mass is 355 g/mol. The zero-order chi connectivity index (χ0) is 17.8. The van der Waals surface area contributed by atoms with Crippen molar-refractivity contribution >= 4 is 23.5 Å². The second-order valence-corrected chi connectivity index (χ2v) is 7.94. The average molecular weight is 356 g/mol. The van der Waals surface area contributed by atoms with Gasteiger partial charge in [0.15, 0.2) is 0 Å². The standard InChI is InChI=1S/C20H25N3OS/c1-15-6-8-18(9-7-15)25-17(3)20(24)23-13-11-22(12-14-23)19-16(2)5-4-10-21-19/h4-10,17H,11-14H2,1-3H3. The number of benzene rings is 1. The van der Waals surface area contributed by atoms with E-state index in [1.807, 2.05) is 24.1 Å². The van der Waals surface area contributed by atoms with E-state index >= 15 is 0 Å². The highest BCUT2D eigenvalue weighted by atomic mass is 32.2. The molecule has 1 aromatic carbocycles. The first-order valence-corrected chi connectivity index (χ1v) is 9.61. The molecule has 1 aliphatic heterocycles. The Morgan fingerprint density at radius 2 is 1.76 bits per heavy atom. The van der Waals surface area contributed by atoms with E-state index in [0.717, 1.165) is 36.9 Å². The smallest absolute Gasteiger partial charge is 0.235 e. The molecule has 0 radical (unpaired) electrons. The van der Waals surface area contributed by atoms with E-state index in [0.29, 0.717) is 0 Å². The van der Waals surface area contributed by atoms with Crippen LogP contribution in [0.25, 0.3) is 0 Å². The van der Waals surface area contributed by atoms with Crippen molar-refractivity contribution in [3.8, 4) is 0 Å². The lowest BCUT2D eigenvalue weighted by Gasteiger charge is -2.37. The van der Waals surface area contributed by atoms with Gasteiger partial charge in [0.1, 0.15) is 5.82 Å². The van der Waals surface area contributed by atoms with E-state index in [2.05, 4.69) is 54.1 Å². The van der Waals surface area contributed by atoms with Crippen LogP contribution in [0.3, 0.4) is 0 Å². The molecule has 1 aliphatic rings. The van der Waals surface area contributed by atoms with Gasteiger partial charge in [0.2, 0.25) is 5.91 Å². The topological polar surface area (TPSA) is 36.4 Å². The Morgan fingerprint density at radius 1 is 1.08 bits per heavy atom. The molecule has 2 aromatic rings. The SMILES string of the molecule is Cc1ccc(SC(C)C(=O)N2CCN(c3ncccc3C)CC2)cc1. The summed E-state index contributed by atoms with van der Waals surface area (Å²) in [4.78, 5) is 22.6. The molecule has 1 aromatic heterocycles. The summed E-state index contributed by atoms with van der Waals surface area (Å²) < 4.78 is 0. The highest BCUT2D eigenvalue weighted by molar-refractivity contribution is 8.00. The van der Waals surface area contributed by atoms with Crippen molar-refractivity contribution in [1.82, 2.24) is 9.88 Å². The van der Waals surface area contributed by atoms with Gasteiger partial charge < -0.3 is 9.80 Å². The summed E-state index contributed by atoms with van der Waals surface area (Å²) in [6.07, 6.45) is 1.83. The van der Waals surface area contributed by atoms with Crippen molar-refractivity contribution in [2.45, 2.75) is 30.9 Å². The maximum Gasteiger partial charge on any atom is 0.235 e. The highest BCUT2D eigenvalue weighted by Crippen LogP contribution is 2.25. The zero-order valence-electron chi connectivity index (χ0n) is 15.1. The number of piperazine rings is 1. The lowest BCUT2D eigenvalue weighted by molar-refractivity contribution is -0.130. The summed E-state index contributed by atoms with van der Waals surface area (Å²) in [6.45, 7) is 9.35. The first-order valence-electron chi connectivity index (χ1n) is 8.73. The van der Waals surface area contributed by atoms with Crippen molar-refractivity contribution in [3.63, 3.8) is 0 Å². The molecule has 3 rings (SSSR count). The summed E-state index contributed by atoms with van der Waals surface area (Å²) >= 11 is 1.64. The van der Waals surface area contributed by atoms with Crippen LogP contribution in [0.15, 0.2) is 47.5 Å². The van der Waals surface area contributed by atoms with Gasteiger partial charge in [-0.3, -0.25) is 4.79 Å². The number of thioether (sulfide) groups is 1. The molecule has 1 atom stereocenters. The molecule has 4 nitrogen and oxygen atoms in total. The molecule has 0 aliphatic carbocycles. The zero-order valence-corrected chi connectivity index (χ0v) is 15.9. The molecule has 25 heavy (non-hydrogen) atoms. The highest BCUT2D eigenvalue weighted by Gasteiger charge is 2.26. The van der Waals surface area contributed by atoms with Crippen LogP contribution in [-0.4, -0.2) is 47.2 Å². The Kier molecular flexibility index (Phi) is 5.63. The molecule has 132 valence electrons. The number of carbonyl (C=O) groups is 1. The third-order valence-electron chi connectivity index (χ3n) is 4.55. The fraction of sp³-hybridized carbons (Fsp3) is 0.400. The maximum absolute atomic E-state index is 12.8. The van der Waals surface area contributed by atoms with Gasteiger partial charge in [-0.05, 0) is 44.5 Å².